The first kappa shape index (κ1) is 17.7. The van der Waals surface area contributed by atoms with E-state index in [1.165, 1.54) is 44.9 Å². The normalized spacial score (nSPS) is 28.2. The molecular formula is C15H29ClN2O2. The molecule has 2 rings (SSSR count). The number of nitrogens with one attached hydrogen (secondary N) is 1. The summed E-state index contributed by atoms with van der Waals surface area (Å²) in [6.07, 6.45) is 10.8. The SMILES string of the molecule is Cl.NC[C@H]1CC[C@@H](C(=O)NCC2CCCCCCC2)O1. The van der Waals surface area contributed by atoms with Gasteiger partial charge < -0.3 is 15.8 Å². The lowest BCUT2D eigenvalue weighted by Gasteiger charge is -2.21. The van der Waals surface area contributed by atoms with Gasteiger partial charge in [0.05, 0.1) is 6.10 Å². The van der Waals surface area contributed by atoms with Crippen molar-refractivity contribution in [1.29, 1.82) is 0 Å². The largest absolute Gasteiger partial charge is 0.364 e. The molecule has 5 heteroatoms. The Morgan fingerprint density at radius 1 is 1.05 bits per heavy atom. The molecule has 1 amide bonds. The second kappa shape index (κ2) is 9.59. The number of halogens is 1. The highest BCUT2D eigenvalue weighted by Gasteiger charge is 2.29. The minimum Gasteiger partial charge on any atom is -0.364 e. The van der Waals surface area contributed by atoms with Crippen LogP contribution in [0.4, 0.5) is 0 Å². The monoisotopic (exact) mass is 304 g/mol. The molecule has 1 aliphatic carbocycles. The maximum Gasteiger partial charge on any atom is 0.249 e. The van der Waals surface area contributed by atoms with E-state index in [-0.39, 0.29) is 30.5 Å². The molecule has 0 spiro atoms. The third-order valence-corrected chi connectivity index (χ3v) is 4.45. The minimum atomic E-state index is -0.262. The zero-order chi connectivity index (χ0) is 13.5. The van der Waals surface area contributed by atoms with E-state index in [0.29, 0.717) is 12.5 Å². The summed E-state index contributed by atoms with van der Waals surface area (Å²) in [5, 5.41) is 3.08. The molecule has 0 aromatic rings. The zero-order valence-corrected chi connectivity index (χ0v) is 13.1. The Balaban J connectivity index is 0.00000200. The molecule has 0 aromatic heterocycles. The van der Waals surface area contributed by atoms with Crippen LogP contribution in [0.2, 0.25) is 0 Å². The van der Waals surface area contributed by atoms with E-state index in [0.717, 1.165) is 19.4 Å². The van der Waals surface area contributed by atoms with Crippen LogP contribution in [0.1, 0.15) is 57.8 Å². The van der Waals surface area contributed by atoms with Gasteiger partial charge in [-0.1, -0.05) is 32.1 Å². The van der Waals surface area contributed by atoms with Crippen LogP contribution in [0.25, 0.3) is 0 Å². The highest BCUT2D eigenvalue weighted by Crippen LogP contribution is 2.22. The molecule has 0 aromatic carbocycles. The average molecular weight is 305 g/mol. The Morgan fingerprint density at radius 3 is 2.30 bits per heavy atom. The quantitative estimate of drug-likeness (QED) is 0.838. The van der Waals surface area contributed by atoms with Crippen molar-refractivity contribution in [3.05, 3.63) is 0 Å². The summed E-state index contributed by atoms with van der Waals surface area (Å²) in [7, 11) is 0. The number of rotatable bonds is 4. The Labute approximate surface area is 128 Å². The number of carbonyl (C=O) groups excluding carboxylic acids is 1. The fourth-order valence-corrected chi connectivity index (χ4v) is 3.18. The summed E-state index contributed by atoms with van der Waals surface area (Å²) in [6.45, 7) is 1.35. The van der Waals surface area contributed by atoms with E-state index in [2.05, 4.69) is 5.32 Å². The molecule has 2 atom stereocenters. The van der Waals surface area contributed by atoms with Gasteiger partial charge in [-0.25, -0.2) is 0 Å². The molecule has 2 aliphatic rings. The molecule has 118 valence electrons. The molecule has 1 aliphatic heterocycles. The topological polar surface area (TPSA) is 64.4 Å². The molecule has 0 bridgehead atoms. The predicted octanol–water partition coefficient (Wildman–Crippen LogP) is 2.39. The fraction of sp³-hybridized carbons (Fsp3) is 0.933. The Kier molecular flexibility index (Phi) is 8.50. The molecule has 1 saturated heterocycles. The van der Waals surface area contributed by atoms with Gasteiger partial charge in [0.1, 0.15) is 6.10 Å². The summed E-state index contributed by atoms with van der Waals surface area (Å²) in [4.78, 5) is 12.0. The van der Waals surface area contributed by atoms with E-state index >= 15 is 0 Å². The van der Waals surface area contributed by atoms with E-state index < -0.39 is 0 Å². The number of nitrogens with two attached hydrogens (primary N) is 1. The van der Waals surface area contributed by atoms with Crippen LogP contribution in [0, 0.1) is 5.92 Å². The van der Waals surface area contributed by atoms with Crippen LogP contribution in [0.3, 0.4) is 0 Å². The van der Waals surface area contributed by atoms with Gasteiger partial charge in [0.15, 0.2) is 0 Å². The summed E-state index contributed by atoms with van der Waals surface area (Å²) in [5.74, 6) is 0.731. The highest BCUT2D eigenvalue weighted by molar-refractivity contribution is 5.85. The van der Waals surface area contributed by atoms with Crippen LogP contribution in [-0.4, -0.2) is 31.2 Å². The summed E-state index contributed by atoms with van der Waals surface area (Å²) < 4.78 is 5.62. The average Bonchev–Trinajstić information content (AvgIpc) is 2.86. The van der Waals surface area contributed by atoms with Crippen molar-refractivity contribution >= 4 is 18.3 Å². The molecule has 20 heavy (non-hydrogen) atoms. The lowest BCUT2D eigenvalue weighted by Crippen LogP contribution is -2.38. The van der Waals surface area contributed by atoms with Crippen LogP contribution < -0.4 is 11.1 Å². The minimum absolute atomic E-state index is 0. The summed E-state index contributed by atoms with van der Waals surface area (Å²) in [5.41, 5.74) is 5.56. The van der Waals surface area contributed by atoms with Gasteiger partial charge in [-0.3, -0.25) is 4.79 Å². The Hall–Kier alpha value is -0.320. The van der Waals surface area contributed by atoms with Crippen LogP contribution >= 0.6 is 12.4 Å². The van der Waals surface area contributed by atoms with Crippen molar-refractivity contribution in [3.63, 3.8) is 0 Å². The van der Waals surface area contributed by atoms with Gasteiger partial charge in [0.2, 0.25) is 5.91 Å². The van der Waals surface area contributed by atoms with Crippen molar-refractivity contribution in [2.75, 3.05) is 13.1 Å². The zero-order valence-electron chi connectivity index (χ0n) is 12.3. The summed E-state index contributed by atoms with van der Waals surface area (Å²) in [6, 6.07) is 0. The van der Waals surface area contributed by atoms with Gasteiger partial charge in [0.25, 0.3) is 0 Å². The fourth-order valence-electron chi connectivity index (χ4n) is 3.18. The number of amides is 1. The standard InChI is InChI=1S/C15H28N2O2.ClH/c16-10-13-8-9-14(19-13)15(18)17-11-12-6-4-2-1-3-5-7-12;/h12-14H,1-11,16H2,(H,17,18);1H/t13-,14+;/m1./s1. The van der Waals surface area contributed by atoms with Crippen LogP contribution in [-0.2, 0) is 9.53 Å². The molecular weight excluding hydrogens is 276 g/mol. The van der Waals surface area contributed by atoms with E-state index in [1.807, 2.05) is 0 Å². The van der Waals surface area contributed by atoms with Gasteiger partial charge in [-0.15, -0.1) is 12.4 Å². The second-order valence-electron chi connectivity index (χ2n) is 6.02. The second-order valence-corrected chi connectivity index (χ2v) is 6.02. The highest BCUT2D eigenvalue weighted by atomic mass is 35.5. The van der Waals surface area contributed by atoms with Crippen LogP contribution in [0.15, 0.2) is 0 Å². The van der Waals surface area contributed by atoms with Gasteiger partial charge in [-0.2, -0.15) is 0 Å². The van der Waals surface area contributed by atoms with Crippen molar-refractivity contribution in [3.8, 4) is 0 Å². The predicted molar refractivity (Wildman–Crippen MR) is 83.0 cm³/mol. The van der Waals surface area contributed by atoms with Crippen molar-refractivity contribution in [1.82, 2.24) is 5.32 Å². The van der Waals surface area contributed by atoms with E-state index in [4.69, 9.17) is 10.5 Å². The molecule has 0 radical (unpaired) electrons. The molecule has 3 N–H and O–H groups in total. The third-order valence-electron chi connectivity index (χ3n) is 4.45. The van der Waals surface area contributed by atoms with Gasteiger partial charge in [-0.05, 0) is 31.6 Å². The van der Waals surface area contributed by atoms with Gasteiger partial charge in [0, 0.05) is 13.1 Å². The lowest BCUT2D eigenvalue weighted by atomic mass is 9.91. The maximum absolute atomic E-state index is 12.0. The molecule has 2 fully saturated rings. The van der Waals surface area contributed by atoms with E-state index in [1.54, 1.807) is 0 Å². The Bertz CT molecular complexity index is 281. The first-order valence-corrected chi connectivity index (χ1v) is 7.93. The van der Waals surface area contributed by atoms with Crippen molar-refractivity contribution < 1.29 is 9.53 Å². The van der Waals surface area contributed by atoms with E-state index in [9.17, 15) is 4.79 Å². The van der Waals surface area contributed by atoms with Crippen molar-refractivity contribution in [2.45, 2.75) is 70.0 Å². The first-order chi connectivity index (χ1) is 9.29. The maximum atomic E-state index is 12.0. The number of hydrogen-bond donors (Lipinski definition) is 2. The number of carbonyl (C=O) groups is 1. The smallest absolute Gasteiger partial charge is 0.249 e. The van der Waals surface area contributed by atoms with Crippen molar-refractivity contribution in [2.24, 2.45) is 11.7 Å². The number of hydrogen-bond acceptors (Lipinski definition) is 3. The van der Waals surface area contributed by atoms with Gasteiger partial charge >= 0.3 is 0 Å². The molecule has 4 nitrogen and oxygen atoms in total. The molecule has 1 heterocycles. The molecule has 1 saturated carbocycles. The summed E-state index contributed by atoms with van der Waals surface area (Å²) >= 11 is 0. The number of ether oxygens (including phenoxy) is 1. The Morgan fingerprint density at radius 2 is 1.70 bits per heavy atom. The lowest BCUT2D eigenvalue weighted by molar-refractivity contribution is -0.132. The third kappa shape index (κ3) is 5.58. The molecule has 0 unspecified atom stereocenters. The van der Waals surface area contributed by atoms with Crippen LogP contribution in [0.5, 0.6) is 0 Å². The first-order valence-electron chi connectivity index (χ1n) is 7.93.